The second-order valence-electron chi connectivity index (χ2n) is 4.29. The van der Waals surface area contributed by atoms with Gasteiger partial charge >= 0.3 is 0 Å². The van der Waals surface area contributed by atoms with Crippen LogP contribution in [0.5, 0.6) is 0 Å². The standard InChI is InChI=1S/C14H17NO3/c1-10-3-6-12(7-4-10)14(18)15-9-13(17)8-5-11(2)16/h3-4,6-7H,5,8-9H2,1-2H3,(H,15,18). The summed E-state index contributed by atoms with van der Waals surface area (Å²) < 4.78 is 0. The Bertz CT molecular complexity index is 449. The monoisotopic (exact) mass is 247 g/mol. The predicted molar refractivity (Wildman–Crippen MR) is 68.4 cm³/mol. The average Bonchev–Trinajstić information content (AvgIpc) is 2.34. The van der Waals surface area contributed by atoms with Crippen LogP contribution in [-0.4, -0.2) is 24.0 Å². The molecule has 0 spiro atoms. The fraction of sp³-hybridized carbons (Fsp3) is 0.357. The third-order valence-corrected chi connectivity index (χ3v) is 2.52. The highest BCUT2D eigenvalue weighted by Crippen LogP contribution is 2.02. The third kappa shape index (κ3) is 4.91. The van der Waals surface area contributed by atoms with Gasteiger partial charge in [0.2, 0.25) is 0 Å². The molecule has 1 aromatic carbocycles. The molecule has 0 saturated carbocycles. The van der Waals surface area contributed by atoms with E-state index in [1.807, 2.05) is 19.1 Å². The molecule has 0 fully saturated rings. The maximum absolute atomic E-state index is 11.7. The van der Waals surface area contributed by atoms with Gasteiger partial charge in [0, 0.05) is 18.4 Å². The van der Waals surface area contributed by atoms with Crippen LogP contribution in [0.2, 0.25) is 0 Å². The summed E-state index contributed by atoms with van der Waals surface area (Å²) in [5.74, 6) is -0.426. The molecule has 18 heavy (non-hydrogen) atoms. The maximum atomic E-state index is 11.7. The van der Waals surface area contributed by atoms with E-state index in [1.165, 1.54) is 6.92 Å². The molecule has 0 bridgehead atoms. The van der Waals surface area contributed by atoms with Crippen molar-refractivity contribution < 1.29 is 14.4 Å². The zero-order valence-corrected chi connectivity index (χ0v) is 10.7. The van der Waals surface area contributed by atoms with Crippen LogP contribution in [0.3, 0.4) is 0 Å². The Labute approximate surface area is 106 Å². The minimum Gasteiger partial charge on any atom is -0.345 e. The Balaban J connectivity index is 2.39. The SMILES string of the molecule is CC(=O)CCC(=O)CNC(=O)c1ccc(C)cc1. The van der Waals surface area contributed by atoms with E-state index in [0.29, 0.717) is 5.56 Å². The average molecular weight is 247 g/mol. The van der Waals surface area contributed by atoms with Crippen LogP contribution in [0.1, 0.15) is 35.7 Å². The summed E-state index contributed by atoms with van der Waals surface area (Å²) in [7, 11) is 0. The lowest BCUT2D eigenvalue weighted by atomic mass is 10.1. The van der Waals surface area contributed by atoms with Gasteiger partial charge < -0.3 is 10.1 Å². The molecule has 4 heteroatoms. The summed E-state index contributed by atoms with van der Waals surface area (Å²) in [4.78, 5) is 33.7. The summed E-state index contributed by atoms with van der Waals surface area (Å²) in [5, 5.41) is 2.54. The third-order valence-electron chi connectivity index (χ3n) is 2.52. The van der Waals surface area contributed by atoms with Crippen LogP contribution in [0, 0.1) is 6.92 Å². The molecule has 0 atom stereocenters. The molecule has 0 saturated heterocycles. The van der Waals surface area contributed by atoms with Gasteiger partial charge in [-0.25, -0.2) is 0 Å². The van der Waals surface area contributed by atoms with Crippen molar-refractivity contribution in [1.29, 1.82) is 0 Å². The first-order valence-corrected chi connectivity index (χ1v) is 5.85. The maximum Gasteiger partial charge on any atom is 0.251 e. The fourth-order valence-electron chi connectivity index (χ4n) is 1.39. The van der Waals surface area contributed by atoms with Gasteiger partial charge in [0.15, 0.2) is 5.78 Å². The Hall–Kier alpha value is -1.97. The van der Waals surface area contributed by atoms with Gasteiger partial charge in [-0.15, -0.1) is 0 Å². The first kappa shape index (κ1) is 14.1. The van der Waals surface area contributed by atoms with Gasteiger partial charge in [-0.05, 0) is 26.0 Å². The molecule has 1 N–H and O–H groups in total. The summed E-state index contributed by atoms with van der Waals surface area (Å²) in [6, 6.07) is 7.11. The number of carbonyl (C=O) groups is 3. The molecule has 1 aromatic rings. The number of rotatable bonds is 6. The van der Waals surface area contributed by atoms with E-state index in [1.54, 1.807) is 12.1 Å². The van der Waals surface area contributed by atoms with Crippen molar-refractivity contribution in [3.8, 4) is 0 Å². The second-order valence-corrected chi connectivity index (χ2v) is 4.29. The van der Waals surface area contributed by atoms with Crippen LogP contribution >= 0.6 is 0 Å². The number of aryl methyl sites for hydroxylation is 1. The van der Waals surface area contributed by atoms with Gasteiger partial charge in [0.1, 0.15) is 5.78 Å². The number of hydrogen-bond acceptors (Lipinski definition) is 3. The zero-order valence-electron chi connectivity index (χ0n) is 10.7. The van der Waals surface area contributed by atoms with Gasteiger partial charge in [-0.1, -0.05) is 17.7 Å². The van der Waals surface area contributed by atoms with Crippen LogP contribution in [0.15, 0.2) is 24.3 Å². The molecule has 1 amide bonds. The van der Waals surface area contributed by atoms with Gasteiger partial charge in [-0.3, -0.25) is 9.59 Å². The largest absolute Gasteiger partial charge is 0.345 e. The van der Waals surface area contributed by atoms with Crippen molar-refractivity contribution >= 4 is 17.5 Å². The molecular formula is C14H17NO3. The molecule has 0 aliphatic heterocycles. The Morgan fingerprint density at radius 1 is 1.06 bits per heavy atom. The molecule has 0 radical (unpaired) electrons. The number of Topliss-reactive ketones (excluding diaryl/α,β-unsaturated/α-hetero) is 2. The van der Waals surface area contributed by atoms with Crippen molar-refractivity contribution in [1.82, 2.24) is 5.32 Å². The quantitative estimate of drug-likeness (QED) is 0.831. The lowest BCUT2D eigenvalue weighted by Crippen LogP contribution is -2.29. The second kappa shape index (κ2) is 6.69. The first-order chi connectivity index (χ1) is 8.49. The van der Waals surface area contributed by atoms with Crippen LogP contribution in [0.25, 0.3) is 0 Å². The Morgan fingerprint density at radius 2 is 1.67 bits per heavy atom. The number of carbonyl (C=O) groups excluding carboxylic acids is 3. The molecule has 1 rings (SSSR count). The number of ketones is 2. The van der Waals surface area contributed by atoms with Gasteiger partial charge in [-0.2, -0.15) is 0 Å². The van der Waals surface area contributed by atoms with E-state index in [0.717, 1.165) is 5.56 Å². The fourth-order valence-corrected chi connectivity index (χ4v) is 1.39. The summed E-state index contributed by atoms with van der Waals surface area (Å²) >= 11 is 0. The number of benzene rings is 1. The van der Waals surface area contributed by atoms with Crippen molar-refractivity contribution in [2.75, 3.05) is 6.54 Å². The predicted octanol–water partition coefficient (Wildman–Crippen LogP) is 1.66. The smallest absolute Gasteiger partial charge is 0.251 e. The lowest BCUT2D eigenvalue weighted by molar-refractivity contribution is -0.122. The van der Waals surface area contributed by atoms with Crippen molar-refractivity contribution in [3.63, 3.8) is 0 Å². The topological polar surface area (TPSA) is 63.2 Å². The molecule has 0 heterocycles. The van der Waals surface area contributed by atoms with E-state index in [2.05, 4.69) is 5.32 Å². The van der Waals surface area contributed by atoms with Crippen molar-refractivity contribution in [3.05, 3.63) is 35.4 Å². The summed E-state index contributed by atoms with van der Waals surface area (Å²) in [6.07, 6.45) is 0.419. The Morgan fingerprint density at radius 3 is 2.22 bits per heavy atom. The number of nitrogens with one attached hydrogen (secondary N) is 1. The minimum absolute atomic E-state index is 0.0202. The van der Waals surface area contributed by atoms with Crippen molar-refractivity contribution in [2.45, 2.75) is 26.7 Å². The minimum atomic E-state index is -0.272. The van der Waals surface area contributed by atoms with E-state index >= 15 is 0 Å². The zero-order chi connectivity index (χ0) is 13.5. The number of hydrogen-bond donors (Lipinski definition) is 1. The van der Waals surface area contributed by atoms with E-state index in [-0.39, 0.29) is 36.9 Å². The van der Waals surface area contributed by atoms with Gasteiger partial charge in [0.05, 0.1) is 6.54 Å². The number of amides is 1. The summed E-state index contributed by atoms with van der Waals surface area (Å²) in [6.45, 7) is 3.35. The van der Waals surface area contributed by atoms with E-state index in [9.17, 15) is 14.4 Å². The van der Waals surface area contributed by atoms with Crippen LogP contribution in [0.4, 0.5) is 0 Å². The molecule has 0 aliphatic carbocycles. The first-order valence-electron chi connectivity index (χ1n) is 5.85. The molecule has 4 nitrogen and oxygen atoms in total. The molecular weight excluding hydrogens is 230 g/mol. The highest BCUT2D eigenvalue weighted by Gasteiger charge is 2.08. The van der Waals surface area contributed by atoms with Crippen molar-refractivity contribution in [2.24, 2.45) is 0 Å². The normalized spacial score (nSPS) is 9.89. The molecule has 0 aromatic heterocycles. The Kier molecular flexibility index (Phi) is 5.24. The van der Waals surface area contributed by atoms with E-state index in [4.69, 9.17) is 0 Å². The highest BCUT2D eigenvalue weighted by atomic mass is 16.2. The lowest BCUT2D eigenvalue weighted by Gasteiger charge is -2.04. The van der Waals surface area contributed by atoms with Crippen LogP contribution in [-0.2, 0) is 9.59 Å². The molecule has 0 aliphatic rings. The highest BCUT2D eigenvalue weighted by molar-refractivity contribution is 5.97. The van der Waals surface area contributed by atoms with Crippen LogP contribution < -0.4 is 5.32 Å². The summed E-state index contributed by atoms with van der Waals surface area (Å²) in [5.41, 5.74) is 1.60. The molecule has 0 unspecified atom stereocenters. The van der Waals surface area contributed by atoms with Gasteiger partial charge in [0.25, 0.3) is 5.91 Å². The molecule has 96 valence electrons. The van der Waals surface area contributed by atoms with E-state index < -0.39 is 0 Å².